The summed E-state index contributed by atoms with van der Waals surface area (Å²) in [5, 5.41) is 19.9. The van der Waals surface area contributed by atoms with Gasteiger partial charge in [0.1, 0.15) is 12.1 Å². The SMILES string of the molecule is CCn1cnnc1CNc1cc(C#N)cc(C)n1. The first-order valence-corrected chi connectivity index (χ1v) is 5.72. The van der Waals surface area contributed by atoms with Crippen LogP contribution in [0.5, 0.6) is 0 Å². The standard InChI is InChI=1S/C12H14N6/c1-3-18-8-15-17-12(18)7-14-11-5-10(6-13)4-9(2)16-11/h4-5,8H,3,7H2,1-2H3,(H,14,16). The maximum atomic E-state index is 8.89. The van der Waals surface area contributed by atoms with Crippen molar-refractivity contribution < 1.29 is 0 Å². The van der Waals surface area contributed by atoms with Crippen LogP contribution in [0.1, 0.15) is 24.0 Å². The van der Waals surface area contributed by atoms with Crippen LogP contribution in [0.4, 0.5) is 5.82 Å². The van der Waals surface area contributed by atoms with Gasteiger partial charge in [0.2, 0.25) is 0 Å². The fourth-order valence-electron chi connectivity index (χ4n) is 1.67. The predicted molar refractivity (Wildman–Crippen MR) is 66.7 cm³/mol. The van der Waals surface area contributed by atoms with E-state index in [0.29, 0.717) is 17.9 Å². The molecule has 6 nitrogen and oxygen atoms in total. The Morgan fingerprint density at radius 1 is 1.44 bits per heavy atom. The van der Waals surface area contributed by atoms with Gasteiger partial charge >= 0.3 is 0 Å². The third kappa shape index (κ3) is 2.63. The first-order valence-electron chi connectivity index (χ1n) is 5.72. The normalized spacial score (nSPS) is 10.1. The summed E-state index contributed by atoms with van der Waals surface area (Å²) in [6.07, 6.45) is 1.70. The minimum Gasteiger partial charge on any atom is -0.363 e. The summed E-state index contributed by atoms with van der Waals surface area (Å²) in [6.45, 7) is 5.26. The van der Waals surface area contributed by atoms with Crippen LogP contribution in [0.15, 0.2) is 18.5 Å². The lowest BCUT2D eigenvalue weighted by Gasteiger charge is -2.07. The van der Waals surface area contributed by atoms with Crippen molar-refractivity contribution in [3.05, 3.63) is 35.5 Å². The molecule has 2 heterocycles. The van der Waals surface area contributed by atoms with E-state index in [9.17, 15) is 0 Å². The summed E-state index contributed by atoms with van der Waals surface area (Å²) in [6, 6.07) is 5.58. The van der Waals surface area contributed by atoms with E-state index in [1.54, 1.807) is 18.5 Å². The van der Waals surface area contributed by atoms with Crippen molar-refractivity contribution in [1.29, 1.82) is 5.26 Å². The van der Waals surface area contributed by atoms with Crippen molar-refractivity contribution in [2.45, 2.75) is 26.9 Å². The molecule has 0 amide bonds. The molecule has 0 atom stereocenters. The van der Waals surface area contributed by atoms with E-state index in [1.165, 1.54) is 0 Å². The van der Waals surface area contributed by atoms with Gasteiger partial charge in [0, 0.05) is 12.2 Å². The Morgan fingerprint density at radius 2 is 2.28 bits per heavy atom. The molecule has 0 aliphatic rings. The van der Waals surface area contributed by atoms with E-state index >= 15 is 0 Å². The zero-order valence-corrected chi connectivity index (χ0v) is 10.4. The minimum atomic E-state index is 0.537. The number of nitriles is 1. The molecule has 1 N–H and O–H groups in total. The fraction of sp³-hybridized carbons (Fsp3) is 0.333. The molecule has 6 heteroatoms. The second kappa shape index (κ2) is 5.27. The number of nitrogens with zero attached hydrogens (tertiary/aromatic N) is 5. The highest BCUT2D eigenvalue weighted by Crippen LogP contribution is 2.10. The van der Waals surface area contributed by atoms with Crippen molar-refractivity contribution in [2.75, 3.05) is 5.32 Å². The van der Waals surface area contributed by atoms with Gasteiger partial charge in [-0.2, -0.15) is 5.26 Å². The molecule has 0 bridgehead atoms. The Hall–Kier alpha value is -2.42. The van der Waals surface area contributed by atoms with E-state index < -0.39 is 0 Å². The Bertz CT molecular complexity index is 580. The zero-order chi connectivity index (χ0) is 13.0. The summed E-state index contributed by atoms with van der Waals surface area (Å²) in [7, 11) is 0. The van der Waals surface area contributed by atoms with E-state index in [1.807, 2.05) is 18.4 Å². The van der Waals surface area contributed by atoms with Gasteiger partial charge in [-0.3, -0.25) is 0 Å². The molecule has 2 aromatic heterocycles. The molecule has 0 aliphatic carbocycles. The molecule has 0 saturated carbocycles. The third-order valence-corrected chi connectivity index (χ3v) is 2.55. The van der Waals surface area contributed by atoms with Crippen LogP contribution in [0.25, 0.3) is 0 Å². The van der Waals surface area contributed by atoms with Crippen LogP contribution in [-0.2, 0) is 13.1 Å². The van der Waals surface area contributed by atoms with Gasteiger partial charge in [-0.25, -0.2) is 4.98 Å². The van der Waals surface area contributed by atoms with Gasteiger partial charge in [0.15, 0.2) is 5.82 Å². The third-order valence-electron chi connectivity index (χ3n) is 2.55. The van der Waals surface area contributed by atoms with Crippen LogP contribution in [0.3, 0.4) is 0 Å². The lowest BCUT2D eigenvalue weighted by atomic mass is 10.2. The van der Waals surface area contributed by atoms with Gasteiger partial charge < -0.3 is 9.88 Å². The van der Waals surface area contributed by atoms with Crippen molar-refractivity contribution >= 4 is 5.82 Å². The average molecular weight is 242 g/mol. The van der Waals surface area contributed by atoms with Gasteiger partial charge in [-0.1, -0.05) is 0 Å². The number of anilines is 1. The molecule has 0 saturated heterocycles. The number of pyridine rings is 1. The van der Waals surface area contributed by atoms with Crippen molar-refractivity contribution in [2.24, 2.45) is 0 Å². The number of aryl methyl sites for hydroxylation is 2. The summed E-state index contributed by atoms with van der Waals surface area (Å²) in [5.74, 6) is 1.52. The molecule has 0 radical (unpaired) electrons. The highest BCUT2D eigenvalue weighted by atomic mass is 15.3. The second-order valence-corrected chi connectivity index (χ2v) is 3.88. The van der Waals surface area contributed by atoms with Gasteiger partial charge in [-0.15, -0.1) is 10.2 Å². The molecule has 2 aromatic rings. The first kappa shape index (κ1) is 12.0. The largest absolute Gasteiger partial charge is 0.363 e. The van der Waals surface area contributed by atoms with Crippen LogP contribution in [0, 0.1) is 18.3 Å². The smallest absolute Gasteiger partial charge is 0.152 e. The zero-order valence-electron chi connectivity index (χ0n) is 10.4. The molecule has 0 spiro atoms. The number of nitrogens with one attached hydrogen (secondary N) is 1. The Balaban J connectivity index is 2.11. The van der Waals surface area contributed by atoms with Crippen LogP contribution in [0.2, 0.25) is 0 Å². The molecule has 0 aromatic carbocycles. The first-order chi connectivity index (χ1) is 8.72. The number of hydrogen-bond acceptors (Lipinski definition) is 5. The maximum absolute atomic E-state index is 8.89. The molecule has 2 rings (SSSR count). The fourth-order valence-corrected chi connectivity index (χ4v) is 1.67. The summed E-state index contributed by atoms with van der Waals surface area (Å²) in [5.41, 5.74) is 1.41. The lowest BCUT2D eigenvalue weighted by Crippen LogP contribution is -2.08. The van der Waals surface area contributed by atoms with E-state index in [2.05, 4.69) is 26.6 Å². The molecule has 0 unspecified atom stereocenters. The second-order valence-electron chi connectivity index (χ2n) is 3.88. The van der Waals surface area contributed by atoms with Gasteiger partial charge in [0.05, 0.1) is 18.2 Å². The summed E-state index contributed by atoms with van der Waals surface area (Å²) >= 11 is 0. The monoisotopic (exact) mass is 242 g/mol. The molecular formula is C12H14N6. The quantitative estimate of drug-likeness (QED) is 0.878. The van der Waals surface area contributed by atoms with Crippen molar-refractivity contribution in [3.63, 3.8) is 0 Å². The highest BCUT2D eigenvalue weighted by Gasteiger charge is 2.04. The molecule has 18 heavy (non-hydrogen) atoms. The molecule has 0 fully saturated rings. The predicted octanol–water partition coefficient (Wildman–Crippen LogP) is 1.49. The number of hydrogen-bond donors (Lipinski definition) is 1. The van der Waals surface area contributed by atoms with E-state index in [0.717, 1.165) is 18.1 Å². The van der Waals surface area contributed by atoms with Gasteiger partial charge in [-0.05, 0) is 26.0 Å². The lowest BCUT2D eigenvalue weighted by molar-refractivity contribution is 0.707. The highest BCUT2D eigenvalue weighted by molar-refractivity contribution is 5.44. The van der Waals surface area contributed by atoms with E-state index in [4.69, 9.17) is 5.26 Å². The van der Waals surface area contributed by atoms with Gasteiger partial charge in [0.25, 0.3) is 0 Å². The molecular weight excluding hydrogens is 228 g/mol. The molecule has 92 valence electrons. The average Bonchev–Trinajstić information content (AvgIpc) is 2.83. The minimum absolute atomic E-state index is 0.537. The molecule has 0 aliphatic heterocycles. The van der Waals surface area contributed by atoms with Crippen LogP contribution >= 0.6 is 0 Å². The van der Waals surface area contributed by atoms with Crippen LogP contribution in [-0.4, -0.2) is 19.7 Å². The Kier molecular flexibility index (Phi) is 3.53. The van der Waals surface area contributed by atoms with Crippen molar-refractivity contribution in [3.8, 4) is 6.07 Å². The summed E-state index contributed by atoms with van der Waals surface area (Å²) < 4.78 is 1.95. The number of rotatable bonds is 4. The topological polar surface area (TPSA) is 79.4 Å². The van der Waals surface area contributed by atoms with Crippen LogP contribution < -0.4 is 5.32 Å². The van der Waals surface area contributed by atoms with Crippen molar-refractivity contribution in [1.82, 2.24) is 19.7 Å². The van der Waals surface area contributed by atoms with E-state index in [-0.39, 0.29) is 0 Å². The Morgan fingerprint density at radius 3 is 3.00 bits per heavy atom. The Labute approximate surface area is 105 Å². The summed E-state index contributed by atoms with van der Waals surface area (Å²) in [4.78, 5) is 4.32. The maximum Gasteiger partial charge on any atom is 0.152 e. The number of aromatic nitrogens is 4.